The Bertz CT molecular complexity index is 406. The molecule has 0 radical (unpaired) electrons. The van der Waals surface area contributed by atoms with Gasteiger partial charge in [0.1, 0.15) is 5.75 Å². The number of hydrogen-bond donors (Lipinski definition) is 0. The summed E-state index contributed by atoms with van der Waals surface area (Å²) >= 11 is 0. The number of methoxy groups -OCH3 is 2. The van der Waals surface area contributed by atoms with Crippen LogP contribution in [0.3, 0.4) is 0 Å². The minimum atomic E-state index is -0.376. The Hall–Kier alpha value is -1.81. The highest BCUT2D eigenvalue weighted by atomic mass is 16.5. The highest BCUT2D eigenvalue weighted by Crippen LogP contribution is 2.14. The first-order valence-corrected chi connectivity index (χ1v) is 5.72. The number of hydrogen-bond acceptors (Lipinski definition) is 4. The van der Waals surface area contributed by atoms with Crippen molar-refractivity contribution in [3.8, 4) is 5.75 Å². The van der Waals surface area contributed by atoms with E-state index in [1.54, 1.807) is 13.2 Å². The van der Waals surface area contributed by atoms with Crippen molar-refractivity contribution in [3.05, 3.63) is 35.4 Å². The second kappa shape index (κ2) is 7.50. The molecule has 0 amide bonds. The van der Waals surface area contributed by atoms with Gasteiger partial charge < -0.3 is 14.2 Å². The Labute approximate surface area is 107 Å². The van der Waals surface area contributed by atoms with E-state index >= 15 is 0 Å². The number of carbonyl (C=O) groups excluding carboxylic acids is 1. The molecule has 0 bridgehead atoms. The molecular weight excluding hydrogens is 232 g/mol. The van der Waals surface area contributed by atoms with Gasteiger partial charge >= 0.3 is 5.97 Å². The van der Waals surface area contributed by atoms with Crippen LogP contribution in [-0.4, -0.2) is 33.4 Å². The summed E-state index contributed by atoms with van der Waals surface area (Å²) in [5.74, 6) is 0.399. The number of ether oxygens (including phenoxy) is 3. The third-order valence-electron chi connectivity index (χ3n) is 2.37. The summed E-state index contributed by atoms with van der Waals surface area (Å²) in [6.07, 6.45) is 1.75. The van der Waals surface area contributed by atoms with Crippen LogP contribution in [0.2, 0.25) is 0 Å². The topological polar surface area (TPSA) is 44.8 Å². The fourth-order valence-corrected chi connectivity index (χ4v) is 1.40. The van der Waals surface area contributed by atoms with E-state index in [2.05, 4.69) is 0 Å². The van der Waals surface area contributed by atoms with Gasteiger partial charge in [0.2, 0.25) is 0 Å². The summed E-state index contributed by atoms with van der Waals surface area (Å²) in [7, 11) is 2.97. The highest BCUT2D eigenvalue weighted by molar-refractivity contribution is 5.93. The molecule has 98 valence electrons. The Morgan fingerprint density at radius 3 is 2.39 bits per heavy atom. The predicted molar refractivity (Wildman–Crippen MR) is 69.5 cm³/mol. The van der Waals surface area contributed by atoms with E-state index in [0.29, 0.717) is 12.2 Å². The molecule has 0 saturated heterocycles. The highest BCUT2D eigenvalue weighted by Gasteiger charge is 2.09. The zero-order chi connectivity index (χ0) is 13.4. The van der Waals surface area contributed by atoms with Gasteiger partial charge in [0.05, 0.1) is 26.4 Å². The molecule has 1 aromatic rings. The van der Waals surface area contributed by atoms with E-state index in [1.807, 2.05) is 31.2 Å². The van der Waals surface area contributed by atoms with Gasteiger partial charge in [-0.25, -0.2) is 4.79 Å². The number of carbonyl (C=O) groups is 1. The lowest BCUT2D eigenvalue weighted by molar-refractivity contribution is -0.136. The molecule has 0 aliphatic rings. The Morgan fingerprint density at radius 1 is 1.22 bits per heavy atom. The van der Waals surface area contributed by atoms with Gasteiger partial charge in [-0.2, -0.15) is 0 Å². The van der Waals surface area contributed by atoms with Gasteiger partial charge in [-0.05, 0) is 30.7 Å². The molecule has 0 atom stereocenters. The van der Waals surface area contributed by atoms with Crippen molar-refractivity contribution in [2.75, 3.05) is 27.4 Å². The molecule has 0 aromatic heterocycles. The Balaban J connectivity index is 2.87. The maximum atomic E-state index is 11.6. The Morgan fingerprint density at radius 2 is 1.89 bits per heavy atom. The second-order valence-corrected chi connectivity index (χ2v) is 3.57. The maximum absolute atomic E-state index is 11.6. The molecule has 1 rings (SSSR count). The van der Waals surface area contributed by atoms with Gasteiger partial charge in [0, 0.05) is 6.61 Å². The molecule has 0 aliphatic carbocycles. The fraction of sp³-hybridized carbons (Fsp3) is 0.357. The number of esters is 1. The van der Waals surface area contributed by atoms with Crippen LogP contribution in [0.1, 0.15) is 12.5 Å². The monoisotopic (exact) mass is 250 g/mol. The van der Waals surface area contributed by atoms with Crippen LogP contribution in [0.25, 0.3) is 6.08 Å². The lowest BCUT2D eigenvalue weighted by Gasteiger charge is -2.06. The smallest absolute Gasteiger partial charge is 0.336 e. The molecule has 0 unspecified atom stereocenters. The van der Waals surface area contributed by atoms with Crippen LogP contribution in [0, 0.1) is 0 Å². The van der Waals surface area contributed by atoms with Crippen molar-refractivity contribution in [2.24, 2.45) is 0 Å². The van der Waals surface area contributed by atoms with Gasteiger partial charge in [-0.3, -0.25) is 0 Å². The SMILES string of the molecule is CCOC/C(=C\c1ccc(OC)cc1)C(=O)OC. The molecule has 0 fully saturated rings. The summed E-state index contributed by atoms with van der Waals surface area (Å²) in [5, 5.41) is 0. The van der Waals surface area contributed by atoms with Crippen molar-refractivity contribution in [1.82, 2.24) is 0 Å². The van der Waals surface area contributed by atoms with Crippen molar-refractivity contribution in [2.45, 2.75) is 6.92 Å². The van der Waals surface area contributed by atoms with Crippen LogP contribution >= 0.6 is 0 Å². The number of benzene rings is 1. The molecular formula is C14H18O4. The van der Waals surface area contributed by atoms with Crippen molar-refractivity contribution >= 4 is 12.0 Å². The van der Waals surface area contributed by atoms with Crippen molar-refractivity contribution in [1.29, 1.82) is 0 Å². The zero-order valence-electron chi connectivity index (χ0n) is 10.9. The van der Waals surface area contributed by atoms with Crippen LogP contribution < -0.4 is 4.74 Å². The largest absolute Gasteiger partial charge is 0.497 e. The fourth-order valence-electron chi connectivity index (χ4n) is 1.40. The van der Waals surface area contributed by atoms with E-state index in [9.17, 15) is 4.79 Å². The summed E-state index contributed by atoms with van der Waals surface area (Å²) in [5.41, 5.74) is 1.39. The van der Waals surface area contributed by atoms with Crippen LogP contribution in [0.4, 0.5) is 0 Å². The standard InChI is InChI=1S/C14H18O4/c1-4-18-10-12(14(15)17-3)9-11-5-7-13(16-2)8-6-11/h5-9H,4,10H2,1-3H3/b12-9+. The van der Waals surface area contributed by atoms with Crippen molar-refractivity contribution in [3.63, 3.8) is 0 Å². The quantitative estimate of drug-likeness (QED) is 0.574. The van der Waals surface area contributed by atoms with E-state index in [4.69, 9.17) is 14.2 Å². The first kappa shape index (κ1) is 14.3. The summed E-state index contributed by atoms with van der Waals surface area (Å²) in [6, 6.07) is 7.41. The predicted octanol–water partition coefficient (Wildman–Crippen LogP) is 2.29. The first-order valence-electron chi connectivity index (χ1n) is 5.72. The van der Waals surface area contributed by atoms with Gasteiger partial charge in [0.15, 0.2) is 0 Å². The third-order valence-corrected chi connectivity index (χ3v) is 2.37. The van der Waals surface area contributed by atoms with Gasteiger partial charge in [-0.1, -0.05) is 12.1 Å². The molecule has 4 heteroatoms. The molecule has 18 heavy (non-hydrogen) atoms. The third kappa shape index (κ3) is 4.22. The maximum Gasteiger partial charge on any atom is 0.336 e. The first-order chi connectivity index (χ1) is 8.71. The van der Waals surface area contributed by atoms with E-state index < -0.39 is 0 Å². The summed E-state index contributed by atoms with van der Waals surface area (Å²) in [6.45, 7) is 2.68. The van der Waals surface area contributed by atoms with E-state index in [0.717, 1.165) is 11.3 Å². The van der Waals surface area contributed by atoms with E-state index in [-0.39, 0.29) is 12.6 Å². The molecule has 0 heterocycles. The van der Waals surface area contributed by atoms with Gasteiger partial charge in [-0.15, -0.1) is 0 Å². The lowest BCUT2D eigenvalue weighted by atomic mass is 10.1. The van der Waals surface area contributed by atoms with Gasteiger partial charge in [0.25, 0.3) is 0 Å². The zero-order valence-corrected chi connectivity index (χ0v) is 10.9. The van der Waals surface area contributed by atoms with Crippen LogP contribution in [0.5, 0.6) is 5.75 Å². The molecule has 4 nitrogen and oxygen atoms in total. The average Bonchev–Trinajstić information content (AvgIpc) is 2.43. The lowest BCUT2D eigenvalue weighted by Crippen LogP contribution is -2.10. The minimum Gasteiger partial charge on any atom is -0.497 e. The minimum absolute atomic E-state index is 0.245. The number of rotatable bonds is 6. The molecule has 0 N–H and O–H groups in total. The molecule has 0 aliphatic heterocycles. The summed E-state index contributed by atoms with van der Waals surface area (Å²) in [4.78, 5) is 11.6. The average molecular weight is 250 g/mol. The normalized spacial score (nSPS) is 11.2. The van der Waals surface area contributed by atoms with E-state index in [1.165, 1.54) is 7.11 Å². The van der Waals surface area contributed by atoms with Crippen LogP contribution in [0.15, 0.2) is 29.8 Å². The Kier molecular flexibility index (Phi) is 5.94. The van der Waals surface area contributed by atoms with Crippen LogP contribution in [-0.2, 0) is 14.3 Å². The van der Waals surface area contributed by atoms with Crippen molar-refractivity contribution < 1.29 is 19.0 Å². The molecule has 0 spiro atoms. The second-order valence-electron chi connectivity index (χ2n) is 3.57. The summed E-state index contributed by atoms with van der Waals surface area (Å²) < 4.78 is 15.0. The molecule has 0 saturated carbocycles. The molecule has 1 aromatic carbocycles.